The summed E-state index contributed by atoms with van der Waals surface area (Å²) in [4.78, 5) is 21.4. The number of aryl methyl sites for hydroxylation is 2. The number of carbonyl (C=O) groups is 1. The number of para-hydroxylation sites is 2. The molecule has 26 heavy (non-hydrogen) atoms. The van der Waals surface area contributed by atoms with Gasteiger partial charge in [0.1, 0.15) is 0 Å². The van der Waals surface area contributed by atoms with E-state index in [1.54, 1.807) is 0 Å². The number of amides is 1. The Morgan fingerprint density at radius 2 is 1.92 bits per heavy atom. The highest BCUT2D eigenvalue weighted by molar-refractivity contribution is 7.99. The Morgan fingerprint density at radius 3 is 2.77 bits per heavy atom. The van der Waals surface area contributed by atoms with E-state index in [9.17, 15) is 4.79 Å². The van der Waals surface area contributed by atoms with Crippen LogP contribution in [0, 0.1) is 13.8 Å². The Bertz CT molecular complexity index is 1090. The first-order valence-corrected chi connectivity index (χ1v) is 10.1. The number of thiazole rings is 1. The van der Waals surface area contributed by atoms with Crippen LogP contribution in [-0.4, -0.2) is 21.6 Å². The highest BCUT2D eigenvalue weighted by Gasteiger charge is 2.10. The number of hydrogen-bond acceptors (Lipinski definition) is 5. The number of benzene rings is 2. The van der Waals surface area contributed by atoms with Crippen LogP contribution in [0.25, 0.3) is 21.1 Å². The quantitative estimate of drug-likeness (QED) is 0.496. The van der Waals surface area contributed by atoms with Gasteiger partial charge in [-0.25, -0.2) is 9.97 Å². The van der Waals surface area contributed by atoms with E-state index < -0.39 is 0 Å². The molecule has 4 nitrogen and oxygen atoms in total. The van der Waals surface area contributed by atoms with Crippen LogP contribution >= 0.6 is 23.1 Å². The van der Waals surface area contributed by atoms with Crippen molar-refractivity contribution in [3.63, 3.8) is 0 Å². The highest BCUT2D eigenvalue weighted by Crippen LogP contribution is 2.27. The number of rotatable bonds is 4. The number of nitrogens with zero attached hydrogens (tertiary/aromatic N) is 2. The average Bonchev–Trinajstić information content (AvgIpc) is 3.03. The van der Waals surface area contributed by atoms with Gasteiger partial charge in [0.15, 0.2) is 5.13 Å². The SMILES string of the molecule is Cc1cc(SCC(=O)Nc2nc3ccccc3s2)nc2c(C)cccc12. The normalized spacial score (nSPS) is 11.2. The van der Waals surface area contributed by atoms with Gasteiger partial charge in [-0.3, -0.25) is 4.79 Å². The topological polar surface area (TPSA) is 54.9 Å². The Hall–Kier alpha value is -2.44. The van der Waals surface area contributed by atoms with E-state index in [0.29, 0.717) is 10.9 Å². The largest absolute Gasteiger partial charge is 0.301 e. The lowest BCUT2D eigenvalue weighted by Gasteiger charge is -2.08. The van der Waals surface area contributed by atoms with Crippen LogP contribution in [0.4, 0.5) is 5.13 Å². The smallest absolute Gasteiger partial charge is 0.236 e. The molecule has 6 heteroatoms. The van der Waals surface area contributed by atoms with Crippen LogP contribution in [0.5, 0.6) is 0 Å². The zero-order chi connectivity index (χ0) is 18.1. The number of fused-ring (bicyclic) bond motifs is 2. The van der Waals surface area contributed by atoms with Crippen LogP contribution in [0.15, 0.2) is 53.6 Å². The summed E-state index contributed by atoms with van der Waals surface area (Å²) in [5.74, 6) is 0.234. The molecule has 0 aliphatic carbocycles. The molecule has 1 N–H and O–H groups in total. The van der Waals surface area contributed by atoms with Gasteiger partial charge in [-0.15, -0.1) is 0 Å². The molecule has 4 aromatic rings. The lowest BCUT2D eigenvalue weighted by Crippen LogP contribution is -2.13. The van der Waals surface area contributed by atoms with Crippen LogP contribution in [0.2, 0.25) is 0 Å². The minimum Gasteiger partial charge on any atom is -0.301 e. The molecule has 4 rings (SSSR count). The lowest BCUT2D eigenvalue weighted by atomic mass is 10.1. The molecule has 0 spiro atoms. The maximum atomic E-state index is 12.3. The van der Waals surface area contributed by atoms with Crippen molar-refractivity contribution in [2.45, 2.75) is 18.9 Å². The molecule has 0 fully saturated rings. The summed E-state index contributed by atoms with van der Waals surface area (Å²) in [6.07, 6.45) is 0. The van der Waals surface area contributed by atoms with Gasteiger partial charge in [-0.2, -0.15) is 0 Å². The molecular formula is C20H17N3OS2. The fraction of sp³-hybridized carbons (Fsp3) is 0.150. The first kappa shape index (κ1) is 17.0. The zero-order valence-corrected chi connectivity index (χ0v) is 16.1. The molecule has 0 aliphatic heterocycles. The van der Waals surface area contributed by atoms with Crippen molar-refractivity contribution < 1.29 is 4.79 Å². The molecule has 0 atom stereocenters. The van der Waals surface area contributed by atoms with E-state index in [4.69, 9.17) is 4.98 Å². The second kappa shape index (κ2) is 7.05. The summed E-state index contributed by atoms with van der Waals surface area (Å²) in [7, 11) is 0. The molecule has 0 unspecified atom stereocenters. The van der Waals surface area contributed by atoms with Gasteiger partial charge in [-0.05, 0) is 43.2 Å². The fourth-order valence-corrected chi connectivity index (χ4v) is 4.47. The number of hydrogen-bond donors (Lipinski definition) is 1. The summed E-state index contributed by atoms with van der Waals surface area (Å²) in [5, 5.41) is 5.54. The van der Waals surface area contributed by atoms with Gasteiger partial charge in [0.05, 0.1) is 26.5 Å². The molecule has 130 valence electrons. The van der Waals surface area contributed by atoms with Crippen molar-refractivity contribution in [1.29, 1.82) is 0 Å². The third-order valence-corrected chi connectivity index (χ3v) is 5.98. The molecule has 0 saturated heterocycles. The van der Waals surface area contributed by atoms with Crippen LogP contribution in [-0.2, 0) is 4.79 Å². The summed E-state index contributed by atoms with van der Waals surface area (Å²) in [5.41, 5.74) is 4.23. The molecule has 2 aromatic heterocycles. The van der Waals surface area contributed by atoms with E-state index in [1.807, 2.05) is 36.4 Å². The van der Waals surface area contributed by atoms with Crippen molar-refractivity contribution in [3.05, 3.63) is 59.7 Å². The van der Waals surface area contributed by atoms with E-state index in [-0.39, 0.29) is 5.91 Å². The average molecular weight is 380 g/mol. The highest BCUT2D eigenvalue weighted by atomic mass is 32.2. The van der Waals surface area contributed by atoms with Crippen molar-refractivity contribution in [3.8, 4) is 0 Å². The van der Waals surface area contributed by atoms with Crippen molar-refractivity contribution >= 4 is 55.3 Å². The molecule has 0 aliphatic rings. The van der Waals surface area contributed by atoms with Crippen molar-refractivity contribution in [2.24, 2.45) is 0 Å². The van der Waals surface area contributed by atoms with Gasteiger partial charge in [0.25, 0.3) is 0 Å². The Kier molecular flexibility index (Phi) is 4.61. The van der Waals surface area contributed by atoms with Gasteiger partial charge in [0, 0.05) is 5.39 Å². The maximum Gasteiger partial charge on any atom is 0.236 e. The number of anilines is 1. The van der Waals surface area contributed by atoms with Gasteiger partial charge in [0.2, 0.25) is 5.91 Å². The minimum atomic E-state index is -0.0709. The summed E-state index contributed by atoms with van der Waals surface area (Å²) in [6.45, 7) is 4.14. The third-order valence-electron chi connectivity index (χ3n) is 4.12. The Balaban J connectivity index is 1.47. The van der Waals surface area contributed by atoms with Gasteiger partial charge >= 0.3 is 0 Å². The summed E-state index contributed by atoms with van der Waals surface area (Å²) in [6, 6.07) is 16.1. The minimum absolute atomic E-state index is 0.0709. The predicted octanol–water partition coefficient (Wildman–Crippen LogP) is 5.19. The number of carbonyl (C=O) groups excluding carboxylic acids is 1. The van der Waals surface area contributed by atoms with Crippen LogP contribution in [0.3, 0.4) is 0 Å². The van der Waals surface area contributed by atoms with E-state index in [2.05, 4.69) is 36.3 Å². The third kappa shape index (κ3) is 3.43. The number of thioether (sulfide) groups is 1. The molecule has 1 amide bonds. The van der Waals surface area contributed by atoms with Gasteiger partial charge < -0.3 is 5.32 Å². The molecule has 2 aromatic carbocycles. The van der Waals surface area contributed by atoms with Crippen LogP contribution in [0.1, 0.15) is 11.1 Å². The molecule has 2 heterocycles. The number of nitrogens with one attached hydrogen (secondary N) is 1. The molecule has 0 radical (unpaired) electrons. The zero-order valence-electron chi connectivity index (χ0n) is 14.4. The van der Waals surface area contributed by atoms with Gasteiger partial charge in [-0.1, -0.05) is 53.4 Å². The molecular weight excluding hydrogens is 362 g/mol. The summed E-state index contributed by atoms with van der Waals surface area (Å²) >= 11 is 2.93. The number of pyridine rings is 1. The first-order valence-electron chi connectivity index (χ1n) is 8.25. The van der Waals surface area contributed by atoms with Crippen LogP contribution < -0.4 is 5.32 Å². The Labute approximate surface area is 159 Å². The van der Waals surface area contributed by atoms with E-state index in [0.717, 1.165) is 31.7 Å². The maximum absolute atomic E-state index is 12.3. The molecule has 0 bridgehead atoms. The number of aromatic nitrogens is 2. The lowest BCUT2D eigenvalue weighted by molar-refractivity contribution is -0.113. The molecule has 0 saturated carbocycles. The van der Waals surface area contributed by atoms with Crippen molar-refractivity contribution in [1.82, 2.24) is 9.97 Å². The first-order chi connectivity index (χ1) is 12.6. The standard InChI is InChI=1S/C20H17N3OS2/c1-12-6-5-7-14-13(2)10-18(23-19(12)14)25-11-17(24)22-20-21-15-8-3-4-9-16(15)26-20/h3-10H,11H2,1-2H3,(H,21,22,24). The summed E-state index contributed by atoms with van der Waals surface area (Å²) < 4.78 is 1.07. The monoisotopic (exact) mass is 379 g/mol. The fourth-order valence-electron chi connectivity index (χ4n) is 2.83. The van der Waals surface area contributed by atoms with E-state index >= 15 is 0 Å². The predicted molar refractivity (Wildman–Crippen MR) is 110 cm³/mol. The van der Waals surface area contributed by atoms with Crippen molar-refractivity contribution in [2.75, 3.05) is 11.1 Å². The second-order valence-corrected chi connectivity index (χ2v) is 8.10. The second-order valence-electron chi connectivity index (χ2n) is 6.07. The Morgan fingerprint density at radius 1 is 1.08 bits per heavy atom. The van der Waals surface area contributed by atoms with E-state index in [1.165, 1.54) is 28.7 Å².